The van der Waals surface area contributed by atoms with Crippen molar-refractivity contribution >= 4 is 6.09 Å². The summed E-state index contributed by atoms with van der Waals surface area (Å²) in [5.74, 6) is -0.286. The van der Waals surface area contributed by atoms with Crippen LogP contribution in [0.15, 0.2) is 48.5 Å². The van der Waals surface area contributed by atoms with Crippen molar-refractivity contribution in [2.45, 2.75) is 37.1 Å². The van der Waals surface area contributed by atoms with Gasteiger partial charge in [0.05, 0.1) is 25.3 Å². The number of rotatable bonds is 2. The zero-order chi connectivity index (χ0) is 19.1. The van der Waals surface area contributed by atoms with Crippen LogP contribution in [0, 0.1) is 5.82 Å². The van der Waals surface area contributed by atoms with E-state index >= 15 is 0 Å². The molecule has 2 aromatic carbocycles. The number of halogens is 1. The molecule has 3 aliphatic rings. The topological polar surface area (TPSA) is 50.8 Å². The van der Waals surface area contributed by atoms with Gasteiger partial charge in [-0.25, -0.2) is 9.18 Å². The van der Waals surface area contributed by atoms with Crippen LogP contribution in [0.1, 0.15) is 29.2 Å². The summed E-state index contributed by atoms with van der Waals surface area (Å²) in [6.07, 6.45) is 1.07. The first-order valence-corrected chi connectivity index (χ1v) is 9.83. The maximum absolute atomic E-state index is 13.5. The number of morpholine rings is 1. The van der Waals surface area contributed by atoms with Gasteiger partial charge in [-0.05, 0) is 35.2 Å². The monoisotopic (exact) mass is 382 g/mol. The molecule has 28 heavy (non-hydrogen) atoms. The van der Waals surface area contributed by atoms with Gasteiger partial charge in [-0.2, -0.15) is 0 Å². The number of carbonyl (C=O) groups is 1. The highest BCUT2D eigenvalue weighted by Gasteiger charge is 2.41. The summed E-state index contributed by atoms with van der Waals surface area (Å²) >= 11 is 0. The van der Waals surface area contributed by atoms with Gasteiger partial charge in [0.2, 0.25) is 0 Å². The number of hydrogen-bond acceptors (Lipinski definition) is 4. The summed E-state index contributed by atoms with van der Waals surface area (Å²) in [6.45, 7) is 1.81. The Labute approximate surface area is 163 Å². The van der Waals surface area contributed by atoms with E-state index in [1.54, 1.807) is 17.0 Å². The third-order valence-electron chi connectivity index (χ3n) is 5.99. The fraction of sp³-hybridized carbons (Fsp3) is 0.409. The van der Waals surface area contributed by atoms with Crippen LogP contribution in [0.2, 0.25) is 0 Å². The fourth-order valence-electron chi connectivity index (χ4n) is 4.63. The molecule has 146 valence electrons. The molecular weight excluding hydrogens is 359 g/mol. The third kappa shape index (κ3) is 3.16. The smallest absolute Gasteiger partial charge is 0.410 e. The van der Waals surface area contributed by atoms with Crippen LogP contribution in [0.3, 0.4) is 0 Å². The number of nitrogens with one attached hydrogen (secondary N) is 1. The van der Waals surface area contributed by atoms with E-state index in [1.165, 1.54) is 17.7 Å². The molecule has 3 heterocycles. The Morgan fingerprint density at radius 1 is 1.14 bits per heavy atom. The Morgan fingerprint density at radius 3 is 2.79 bits per heavy atom. The number of benzene rings is 2. The lowest BCUT2D eigenvalue weighted by molar-refractivity contribution is 0.0256. The van der Waals surface area contributed by atoms with Gasteiger partial charge in [-0.15, -0.1) is 0 Å². The SMILES string of the molecule is O=C(O[C@@H]1CC2COCC1N2)N1CCc2ccccc2[C@@H]1c1ccc(F)cc1. The highest BCUT2D eigenvalue weighted by molar-refractivity contribution is 5.70. The molecule has 2 aromatic rings. The van der Waals surface area contributed by atoms with Gasteiger partial charge in [0.15, 0.2) is 0 Å². The van der Waals surface area contributed by atoms with Crippen LogP contribution < -0.4 is 5.32 Å². The number of ether oxygens (including phenoxy) is 2. The molecule has 2 bridgehead atoms. The van der Waals surface area contributed by atoms with Gasteiger partial charge in [0.25, 0.3) is 0 Å². The van der Waals surface area contributed by atoms with Gasteiger partial charge in [0, 0.05) is 19.0 Å². The van der Waals surface area contributed by atoms with Crippen LogP contribution in [-0.2, 0) is 15.9 Å². The summed E-state index contributed by atoms with van der Waals surface area (Å²) < 4.78 is 25.0. The highest BCUT2D eigenvalue weighted by atomic mass is 19.1. The second kappa shape index (κ2) is 7.18. The minimum Gasteiger partial charge on any atom is -0.444 e. The summed E-state index contributed by atoms with van der Waals surface area (Å²) in [4.78, 5) is 14.9. The zero-order valence-corrected chi connectivity index (χ0v) is 15.5. The van der Waals surface area contributed by atoms with Crippen LogP contribution in [0.25, 0.3) is 0 Å². The lowest BCUT2D eigenvalue weighted by atomic mass is 9.88. The molecule has 0 spiro atoms. The third-order valence-corrected chi connectivity index (χ3v) is 5.99. The van der Waals surface area contributed by atoms with Gasteiger partial charge in [-0.3, -0.25) is 4.90 Å². The van der Waals surface area contributed by atoms with Crippen molar-refractivity contribution in [3.63, 3.8) is 0 Å². The van der Waals surface area contributed by atoms with Gasteiger partial charge in [0.1, 0.15) is 11.9 Å². The Bertz CT molecular complexity index is 872. The molecule has 2 saturated heterocycles. The average Bonchev–Trinajstić information content (AvgIpc) is 3.00. The van der Waals surface area contributed by atoms with Crippen molar-refractivity contribution in [2.24, 2.45) is 0 Å². The lowest BCUT2D eigenvalue weighted by Gasteiger charge is -2.37. The number of carbonyl (C=O) groups excluding carboxylic acids is 1. The first-order chi connectivity index (χ1) is 13.7. The predicted octanol–water partition coefficient (Wildman–Crippen LogP) is 3.04. The Balaban J connectivity index is 1.43. The summed E-state index contributed by atoms with van der Waals surface area (Å²) in [5.41, 5.74) is 3.17. The van der Waals surface area contributed by atoms with Crippen molar-refractivity contribution in [3.05, 3.63) is 71.0 Å². The van der Waals surface area contributed by atoms with Crippen molar-refractivity contribution in [3.8, 4) is 0 Å². The normalized spacial score (nSPS) is 28.7. The standard InChI is InChI=1S/C22H23FN2O3/c23-16-7-5-15(6-8-16)21-18-4-2-1-3-14(18)9-10-25(21)22(26)28-20-11-17-12-27-13-19(20)24-17/h1-8,17,19-21,24H,9-13H2/t17?,19?,20-,21+/m1/s1. The molecule has 0 radical (unpaired) electrons. The second-order valence-corrected chi connectivity index (χ2v) is 7.76. The Morgan fingerprint density at radius 2 is 1.96 bits per heavy atom. The molecule has 4 atom stereocenters. The molecule has 3 aliphatic heterocycles. The predicted molar refractivity (Wildman–Crippen MR) is 102 cm³/mol. The van der Waals surface area contributed by atoms with E-state index in [9.17, 15) is 9.18 Å². The molecular formula is C22H23FN2O3. The first kappa shape index (κ1) is 17.6. The second-order valence-electron chi connectivity index (χ2n) is 7.76. The Hall–Kier alpha value is -2.44. The summed E-state index contributed by atoms with van der Waals surface area (Å²) in [6, 6.07) is 14.6. The molecule has 2 unspecified atom stereocenters. The van der Waals surface area contributed by atoms with Crippen molar-refractivity contribution in [1.29, 1.82) is 0 Å². The lowest BCUT2D eigenvalue weighted by Crippen LogP contribution is -2.47. The van der Waals surface area contributed by atoms with Crippen molar-refractivity contribution < 1.29 is 18.7 Å². The van der Waals surface area contributed by atoms with Crippen LogP contribution >= 0.6 is 0 Å². The van der Waals surface area contributed by atoms with E-state index in [0.717, 1.165) is 24.0 Å². The molecule has 6 heteroatoms. The maximum atomic E-state index is 13.5. The van der Waals surface area contributed by atoms with Crippen LogP contribution in [-0.4, -0.2) is 48.9 Å². The number of nitrogens with zero attached hydrogens (tertiary/aromatic N) is 1. The molecule has 1 amide bonds. The minimum atomic E-state index is -0.317. The van der Waals surface area contributed by atoms with E-state index < -0.39 is 0 Å². The molecule has 0 saturated carbocycles. The van der Waals surface area contributed by atoms with Gasteiger partial charge < -0.3 is 14.8 Å². The minimum absolute atomic E-state index is 0.0593. The quantitative estimate of drug-likeness (QED) is 0.868. The van der Waals surface area contributed by atoms with Crippen LogP contribution in [0.4, 0.5) is 9.18 Å². The summed E-state index contributed by atoms with van der Waals surface area (Å²) in [5, 5.41) is 3.45. The molecule has 0 aromatic heterocycles. The van der Waals surface area contributed by atoms with Gasteiger partial charge in [-0.1, -0.05) is 36.4 Å². The molecule has 0 aliphatic carbocycles. The zero-order valence-electron chi connectivity index (χ0n) is 15.5. The van der Waals surface area contributed by atoms with Gasteiger partial charge >= 0.3 is 6.09 Å². The highest BCUT2D eigenvalue weighted by Crippen LogP contribution is 2.36. The summed E-state index contributed by atoms with van der Waals surface area (Å²) in [7, 11) is 0. The molecule has 2 fully saturated rings. The van der Waals surface area contributed by atoms with E-state index in [0.29, 0.717) is 19.8 Å². The maximum Gasteiger partial charge on any atom is 0.410 e. The van der Waals surface area contributed by atoms with E-state index in [1.807, 2.05) is 18.2 Å². The van der Waals surface area contributed by atoms with Crippen molar-refractivity contribution in [1.82, 2.24) is 10.2 Å². The number of amides is 1. The average molecular weight is 382 g/mol. The largest absolute Gasteiger partial charge is 0.444 e. The van der Waals surface area contributed by atoms with Crippen molar-refractivity contribution in [2.75, 3.05) is 19.8 Å². The molecule has 5 rings (SSSR count). The number of hydrogen-bond donors (Lipinski definition) is 1. The Kier molecular flexibility index (Phi) is 4.53. The van der Waals surface area contributed by atoms with Crippen LogP contribution in [0.5, 0.6) is 0 Å². The van der Waals surface area contributed by atoms with E-state index in [2.05, 4.69) is 11.4 Å². The van der Waals surface area contributed by atoms with E-state index in [-0.39, 0.29) is 36.1 Å². The first-order valence-electron chi connectivity index (χ1n) is 9.83. The number of fused-ring (bicyclic) bond motifs is 3. The molecule has 5 nitrogen and oxygen atoms in total. The van der Waals surface area contributed by atoms with E-state index in [4.69, 9.17) is 9.47 Å². The fourth-order valence-corrected chi connectivity index (χ4v) is 4.63. The molecule has 1 N–H and O–H groups in total.